The van der Waals surface area contributed by atoms with E-state index in [0.717, 1.165) is 4.70 Å². The van der Waals surface area contributed by atoms with Crippen molar-refractivity contribution < 1.29 is 32.9 Å². The standard InChI is InChI=1S/C20H17FN2O6S/c1-26-19(25)10-23-14-8-15-16(28-7-6-27-15)9-17(14)30-20(23)22-18(24)11-29-13-4-2-12(21)3-5-13/h2-5,8-9H,6-7,10-11H2,1H3. The maximum Gasteiger partial charge on any atom is 0.325 e. The van der Waals surface area contributed by atoms with E-state index in [1.807, 2.05) is 0 Å². The molecule has 0 saturated carbocycles. The molecule has 8 nitrogen and oxygen atoms in total. The lowest BCUT2D eigenvalue weighted by molar-refractivity contribution is -0.141. The Labute approximate surface area is 174 Å². The van der Waals surface area contributed by atoms with Crippen molar-refractivity contribution in [3.8, 4) is 17.2 Å². The van der Waals surface area contributed by atoms with E-state index in [0.29, 0.717) is 40.8 Å². The number of aromatic nitrogens is 1. The van der Waals surface area contributed by atoms with Crippen LogP contribution in [0.5, 0.6) is 17.2 Å². The first kappa shape index (κ1) is 19.9. The SMILES string of the molecule is COC(=O)Cn1c(=NC(=O)COc2ccc(F)cc2)sc2cc3c(cc21)OCCO3. The minimum absolute atomic E-state index is 0.124. The second kappa shape index (κ2) is 8.54. The van der Waals surface area contributed by atoms with Gasteiger partial charge >= 0.3 is 5.97 Å². The minimum atomic E-state index is -0.554. The first-order valence-corrected chi connectivity index (χ1v) is 9.81. The van der Waals surface area contributed by atoms with Crippen molar-refractivity contribution in [3.63, 3.8) is 0 Å². The van der Waals surface area contributed by atoms with E-state index in [9.17, 15) is 14.0 Å². The van der Waals surface area contributed by atoms with Crippen LogP contribution in [0.1, 0.15) is 0 Å². The zero-order valence-corrected chi connectivity index (χ0v) is 16.7. The molecule has 0 bridgehead atoms. The molecule has 1 aliphatic rings. The molecule has 0 unspecified atom stereocenters. The van der Waals surface area contributed by atoms with E-state index in [1.165, 1.54) is 42.7 Å². The van der Waals surface area contributed by atoms with Crippen molar-refractivity contribution in [1.29, 1.82) is 0 Å². The third-order valence-corrected chi connectivity index (χ3v) is 5.30. The van der Waals surface area contributed by atoms with Crippen LogP contribution in [0.2, 0.25) is 0 Å². The Bertz CT molecular complexity index is 1170. The second-order valence-corrected chi connectivity index (χ2v) is 7.27. The number of thiazole rings is 1. The number of halogens is 1. The van der Waals surface area contributed by atoms with Crippen LogP contribution in [-0.4, -0.2) is 43.4 Å². The molecule has 0 spiro atoms. The average molecular weight is 432 g/mol. The van der Waals surface area contributed by atoms with Gasteiger partial charge in [-0.1, -0.05) is 11.3 Å². The Morgan fingerprint density at radius 2 is 1.87 bits per heavy atom. The summed E-state index contributed by atoms with van der Waals surface area (Å²) in [5, 5.41) is 0. The van der Waals surface area contributed by atoms with Crippen LogP contribution in [0.3, 0.4) is 0 Å². The first-order valence-electron chi connectivity index (χ1n) is 8.99. The topological polar surface area (TPSA) is 88.4 Å². The molecule has 1 aromatic heterocycles. The van der Waals surface area contributed by atoms with E-state index in [2.05, 4.69) is 4.99 Å². The Morgan fingerprint density at radius 1 is 1.17 bits per heavy atom. The molecule has 2 aromatic carbocycles. The van der Waals surface area contributed by atoms with Gasteiger partial charge < -0.3 is 23.5 Å². The molecular formula is C20H17FN2O6S. The number of hydrogen-bond acceptors (Lipinski definition) is 7. The van der Waals surface area contributed by atoms with Gasteiger partial charge in [0.25, 0.3) is 5.91 Å². The molecule has 3 aromatic rings. The highest BCUT2D eigenvalue weighted by atomic mass is 32.1. The molecule has 156 valence electrons. The van der Waals surface area contributed by atoms with Gasteiger partial charge in [-0.3, -0.25) is 9.59 Å². The summed E-state index contributed by atoms with van der Waals surface area (Å²) in [6.07, 6.45) is 0. The maximum absolute atomic E-state index is 13.0. The minimum Gasteiger partial charge on any atom is -0.486 e. The number of carbonyl (C=O) groups excluding carboxylic acids is 2. The predicted octanol–water partition coefficient (Wildman–Crippen LogP) is 2.29. The van der Waals surface area contributed by atoms with Crippen LogP contribution >= 0.6 is 11.3 Å². The van der Waals surface area contributed by atoms with Gasteiger partial charge in [0, 0.05) is 12.1 Å². The summed E-state index contributed by atoms with van der Waals surface area (Å²) in [6.45, 7) is 0.417. The maximum atomic E-state index is 13.0. The lowest BCUT2D eigenvalue weighted by Gasteiger charge is -2.18. The molecule has 0 aliphatic carbocycles. The lowest BCUT2D eigenvalue weighted by Crippen LogP contribution is -2.23. The van der Waals surface area contributed by atoms with Gasteiger partial charge in [0.2, 0.25) is 0 Å². The normalized spacial score (nSPS) is 13.3. The quantitative estimate of drug-likeness (QED) is 0.575. The highest BCUT2D eigenvalue weighted by Gasteiger charge is 2.18. The number of fused-ring (bicyclic) bond motifs is 2. The highest BCUT2D eigenvalue weighted by molar-refractivity contribution is 7.16. The number of ether oxygens (including phenoxy) is 4. The number of nitrogens with zero attached hydrogens (tertiary/aromatic N) is 2. The summed E-state index contributed by atoms with van der Waals surface area (Å²) in [5.41, 5.74) is 0.667. The van der Waals surface area contributed by atoms with Crippen LogP contribution in [0, 0.1) is 5.82 Å². The van der Waals surface area contributed by atoms with Gasteiger partial charge in [0.05, 0.1) is 17.3 Å². The highest BCUT2D eigenvalue weighted by Crippen LogP contribution is 2.35. The zero-order valence-electron chi connectivity index (χ0n) is 15.9. The van der Waals surface area contributed by atoms with Gasteiger partial charge in [-0.2, -0.15) is 4.99 Å². The van der Waals surface area contributed by atoms with Gasteiger partial charge in [0.1, 0.15) is 31.3 Å². The number of amides is 1. The van der Waals surface area contributed by atoms with Crippen molar-refractivity contribution in [3.05, 3.63) is 47.0 Å². The molecule has 0 N–H and O–H groups in total. The van der Waals surface area contributed by atoms with Crippen molar-refractivity contribution in [2.75, 3.05) is 26.9 Å². The van der Waals surface area contributed by atoms with Crippen LogP contribution in [-0.2, 0) is 20.9 Å². The molecular weight excluding hydrogens is 415 g/mol. The van der Waals surface area contributed by atoms with Crippen molar-refractivity contribution >= 4 is 33.4 Å². The Balaban J connectivity index is 1.66. The van der Waals surface area contributed by atoms with Gasteiger partial charge in [-0.15, -0.1) is 0 Å². The third-order valence-electron chi connectivity index (χ3n) is 4.26. The monoisotopic (exact) mass is 432 g/mol. The summed E-state index contributed by atoms with van der Waals surface area (Å²) >= 11 is 1.23. The first-order chi connectivity index (χ1) is 14.5. The molecule has 0 saturated heterocycles. The van der Waals surface area contributed by atoms with Crippen molar-refractivity contribution in [2.24, 2.45) is 4.99 Å². The summed E-state index contributed by atoms with van der Waals surface area (Å²) in [5.74, 6) is 0.0621. The molecule has 10 heteroatoms. The molecule has 30 heavy (non-hydrogen) atoms. The second-order valence-electron chi connectivity index (χ2n) is 6.26. The number of benzene rings is 2. The van der Waals surface area contributed by atoms with Gasteiger partial charge in [-0.25, -0.2) is 4.39 Å². The van der Waals surface area contributed by atoms with E-state index >= 15 is 0 Å². The fourth-order valence-corrected chi connectivity index (χ4v) is 3.91. The van der Waals surface area contributed by atoms with Gasteiger partial charge in [-0.05, 0) is 24.3 Å². The lowest BCUT2D eigenvalue weighted by atomic mass is 10.2. The fourth-order valence-electron chi connectivity index (χ4n) is 2.85. The number of methoxy groups -OCH3 is 1. The van der Waals surface area contributed by atoms with Gasteiger partial charge in [0.15, 0.2) is 22.9 Å². The molecule has 2 heterocycles. The summed E-state index contributed by atoms with van der Waals surface area (Å²) in [6, 6.07) is 8.86. The summed E-state index contributed by atoms with van der Waals surface area (Å²) in [4.78, 5) is 28.7. The van der Waals surface area contributed by atoms with E-state index < -0.39 is 17.7 Å². The largest absolute Gasteiger partial charge is 0.486 e. The fraction of sp³-hybridized carbons (Fsp3) is 0.250. The number of rotatable bonds is 5. The zero-order chi connectivity index (χ0) is 21.1. The van der Waals surface area contributed by atoms with Crippen molar-refractivity contribution in [1.82, 2.24) is 4.57 Å². The summed E-state index contributed by atoms with van der Waals surface area (Å²) in [7, 11) is 1.29. The molecule has 1 aliphatic heterocycles. The number of hydrogen-bond donors (Lipinski definition) is 0. The Kier molecular flexibility index (Phi) is 5.66. The summed E-state index contributed by atoms with van der Waals surface area (Å²) < 4.78 is 36.6. The molecule has 0 fully saturated rings. The Morgan fingerprint density at radius 3 is 2.57 bits per heavy atom. The average Bonchev–Trinajstić information content (AvgIpc) is 3.07. The van der Waals surface area contributed by atoms with E-state index in [-0.39, 0.29) is 13.2 Å². The van der Waals surface area contributed by atoms with Crippen LogP contribution in [0.4, 0.5) is 4.39 Å². The smallest absolute Gasteiger partial charge is 0.325 e. The Hall–Kier alpha value is -3.40. The van der Waals surface area contributed by atoms with E-state index in [1.54, 1.807) is 16.7 Å². The van der Waals surface area contributed by atoms with Crippen molar-refractivity contribution in [2.45, 2.75) is 6.54 Å². The molecule has 0 radical (unpaired) electrons. The van der Waals surface area contributed by atoms with Crippen LogP contribution in [0.15, 0.2) is 41.4 Å². The molecule has 4 rings (SSSR count). The number of esters is 1. The third kappa shape index (κ3) is 4.28. The van der Waals surface area contributed by atoms with E-state index in [4.69, 9.17) is 18.9 Å². The van der Waals surface area contributed by atoms with Crippen LogP contribution in [0.25, 0.3) is 10.2 Å². The predicted molar refractivity (Wildman–Crippen MR) is 105 cm³/mol. The van der Waals surface area contributed by atoms with Crippen LogP contribution < -0.4 is 19.0 Å². The number of carbonyl (C=O) groups is 2. The molecule has 0 atom stereocenters. The molecule has 1 amide bonds.